The monoisotopic (exact) mass is 768 g/mol. The Kier molecular flexibility index (Phi) is 12.0. The number of alkyl halides is 3. The molecule has 1 aliphatic rings. The van der Waals surface area contributed by atoms with Crippen LogP contribution in [0.5, 0.6) is 11.5 Å². The van der Waals surface area contributed by atoms with Gasteiger partial charge in [-0.1, -0.05) is 54.6 Å². The molecule has 2 aromatic heterocycles. The predicted molar refractivity (Wildman–Crippen MR) is 190 cm³/mol. The topological polar surface area (TPSA) is 194 Å². The summed E-state index contributed by atoms with van der Waals surface area (Å²) < 4.78 is 74.6. The molecule has 0 bridgehead atoms. The van der Waals surface area contributed by atoms with Gasteiger partial charge in [-0.2, -0.15) is 18.2 Å². The molecular weight excluding hydrogens is 729 g/mol. The maximum absolute atomic E-state index is 12.6. The lowest BCUT2D eigenvalue weighted by Crippen LogP contribution is -2.40. The number of H-pyrrole nitrogens is 1. The number of anilines is 1. The number of aromatic nitrogens is 4. The molecule has 0 spiro atoms. The number of nitrogen functional groups attached to an aromatic ring is 1. The minimum absolute atomic E-state index is 0.0370. The van der Waals surface area contributed by atoms with Crippen LogP contribution in [0, 0.1) is 0 Å². The molecule has 5 N–H and O–H groups in total. The Balaban J connectivity index is 1.29. The van der Waals surface area contributed by atoms with Crippen molar-refractivity contribution in [2.45, 2.75) is 42.7 Å². The summed E-state index contributed by atoms with van der Waals surface area (Å²) in [6.07, 6.45) is -8.36. The highest BCUT2D eigenvalue weighted by Crippen LogP contribution is 2.43. The van der Waals surface area contributed by atoms with Crippen LogP contribution < -0.4 is 26.1 Å². The first-order valence-electron chi connectivity index (χ1n) is 17.0. The molecule has 3 heterocycles. The van der Waals surface area contributed by atoms with Gasteiger partial charge in [0.05, 0.1) is 33.8 Å². The number of imidazole rings is 1. The molecule has 0 radical (unpaired) electrons. The number of nitrogens with two attached hydrogens (primary N) is 1. The molecular formula is C37H39F3N6O9. The molecule has 1 amide bonds. The van der Waals surface area contributed by atoms with E-state index >= 15 is 0 Å². The summed E-state index contributed by atoms with van der Waals surface area (Å²) >= 11 is 0. The quantitative estimate of drug-likeness (QED) is 0.0651. The standard InChI is InChI=1S/C37H39F3N6O9/c1-50-25-13-9-23(10-14-25)36(22-7-4-3-5-8-22,24-11-15-26(51-2)16-12-24)54-19-27-29(47)30(53-21-52-18-6-17-42-34(49)37(38,39)40)33(55-27)46-20-43-28-31(46)44-35(41)45-32(28)48/h3-5,7-16,20,27,29-30,33,47H,6,17-19,21H2,1-2H3,(H,42,49)(H3,41,44,45,48)/t27-,29-,30-,33-/m1/s1. The summed E-state index contributed by atoms with van der Waals surface area (Å²) in [5.74, 6) is -0.969. The summed E-state index contributed by atoms with van der Waals surface area (Å²) in [7, 11) is 3.14. The number of hydrogen-bond acceptors (Lipinski definition) is 12. The number of carbonyl (C=O) groups excluding carboxylic acids is 1. The van der Waals surface area contributed by atoms with Crippen LogP contribution >= 0.6 is 0 Å². The zero-order chi connectivity index (χ0) is 39.2. The van der Waals surface area contributed by atoms with Gasteiger partial charge in [0.1, 0.15) is 42.2 Å². The Bertz CT molecular complexity index is 2050. The third-order valence-corrected chi connectivity index (χ3v) is 9.03. The number of nitrogens with one attached hydrogen (secondary N) is 2. The number of aromatic amines is 1. The smallest absolute Gasteiger partial charge is 0.471 e. The first-order chi connectivity index (χ1) is 26.5. The van der Waals surface area contributed by atoms with Crippen molar-refractivity contribution in [2.75, 3.05) is 46.5 Å². The van der Waals surface area contributed by atoms with Crippen molar-refractivity contribution < 1.29 is 51.5 Å². The Morgan fingerprint density at radius 3 is 2.20 bits per heavy atom. The predicted octanol–water partition coefficient (Wildman–Crippen LogP) is 3.41. The first-order valence-corrected chi connectivity index (χ1v) is 17.0. The maximum Gasteiger partial charge on any atom is 0.471 e. The molecule has 292 valence electrons. The van der Waals surface area contributed by atoms with Crippen molar-refractivity contribution in [3.63, 3.8) is 0 Å². The van der Waals surface area contributed by atoms with E-state index in [0.717, 1.165) is 16.7 Å². The van der Waals surface area contributed by atoms with Gasteiger partial charge in [-0.3, -0.25) is 19.1 Å². The van der Waals surface area contributed by atoms with Crippen molar-refractivity contribution in [2.24, 2.45) is 0 Å². The molecule has 0 aliphatic carbocycles. The van der Waals surface area contributed by atoms with Crippen LogP contribution in [0.15, 0.2) is 90.0 Å². The molecule has 4 atom stereocenters. The molecule has 0 saturated carbocycles. The Labute approximate surface area is 312 Å². The highest BCUT2D eigenvalue weighted by molar-refractivity contribution is 5.81. The second-order valence-corrected chi connectivity index (χ2v) is 12.4. The Morgan fingerprint density at radius 2 is 1.60 bits per heavy atom. The zero-order valence-electron chi connectivity index (χ0n) is 29.7. The minimum atomic E-state index is -5.00. The number of benzene rings is 3. The average Bonchev–Trinajstić information content (AvgIpc) is 3.75. The molecule has 5 aromatic rings. The summed E-state index contributed by atoms with van der Waals surface area (Å²) in [5, 5.41) is 13.6. The van der Waals surface area contributed by atoms with E-state index < -0.39 is 54.6 Å². The van der Waals surface area contributed by atoms with Gasteiger partial charge in [-0.05, 0) is 47.4 Å². The van der Waals surface area contributed by atoms with Crippen LogP contribution in [-0.2, 0) is 29.3 Å². The largest absolute Gasteiger partial charge is 0.497 e. The van der Waals surface area contributed by atoms with Crippen LogP contribution in [0.1, 0.15) is 29.3 Å². The third kappa shape index (κ3) is 8.42. The number of fused-ring (bicyclic) bond motifs is 1. The van der Waals surface area contributed by atoms with Crippen LogP contribution in [0.3, 0.4) is 0 Å². The van der Waals surface area contributed by atoms with Crippen LogP contribution in [0.25, 0.3) is 11.2 Å². The van der Waals surface area contributed by atoms with Gasteiger partial charge < -0.3 is 44.6 Å². The van der Waals surface area contributed by atoms with E-state index in [9.17, 15) is 27.9 Å². The fourth-order valence-corrected chi connectivity index (χ4v) is 6.33. The van der Waals surface area contributed by atoms with Crippen LogP contribution in [0.2, 0.25) is 0 Å². The lowest BCUT2D eigenvalue weighted by Gasteiger charge is -2.37. The number of amides is 1. The molecule has 55 heavy (non-hydrogen) atoms. The Hall–Kier alpha value is -5.53. The zero-order valence-corrected chi connectivity index (χ0v) is 29.7. The second-order valence-electron chi connectivity index (χ2n) is 12.4. The number of nitrogens with zero attached hydrogens (tertiary/aromatic N) is 3. The van der Waals surface area contributed by atoms with Gasteiger partial charge >= 0.3 is 12.1 Å². The van der Waals surface area contributed by atoms with Gasteiger partial charge in [0, 0.05) is 6.54 Å². The van der Waals surface area contributed by atoms with Gasteiger partial charge in [0.25, 0.3) is 5.56 Å². The minimum Gasteiger partial charge on any atom is -0.497 e. The highest BCUT2D eigenvalue weighted by Gasteiger charge is 2.48. The van der Waals surface area contributed by atoms with Crippen LogP contribution in [-0.4, -0.2) is 95.8 Å². The number of halogens is 3. The van der Waals surface area contributed by atoms with Gasteiger partial charge in [0.15, 0.2) is 17.4 Å². The number of hydrogen-bond donors (Lipinski definition) is 4. The van der Waals surface area contributed by atoms with E-state index in [1.807, 2.05) is 78.9 Å². The second kappa shape index (κ2) is 16.9. The maximum atomic E-state index is 12.6. The van der Waals surface area contributed by atoms with Crippen LogP contribution in [0.4, 0.5) is 19.1 Å². The fraction of sp³-hybridized carbons (Fsp3) is 0.351. The number of rotatable bonds is 16. The molecule has 6 rings (SSSR count). The van der Waals surface area contributed by atoms with E-state index in [1.165, 1.54) is 10.9 Å². The van der Waals surface area contributed by atoms with Crippen molar-refractivity contribution >= 4 is 23.0 Å². The molecule has 15 nitrogen and oxygen atoms in total. The molecule has 0 unspecified atom stereocenters. The number of ether oxygens (including phenoxy) is 6. The number of aliphatic hydroxyl groups excluding tert-OH is 1. The number of aliphatic hydroxyl groups is 1. The first kappa shape index (κ1) is 39.2. The third-order valence-electron chi connectivity index (χ3n) is 9.03. The lowest BCUT2D eigenvalue weighted by atomic mass is 9.80. The van der Waals surface area contributed by atoms with E-state index in [1.54, 1.807) is 19.5 Å². The fourth-order valence-electron chi connectivity index (χ4n) is 6.33. The van der Waals surface area contributed by atoms with Gasteiger partial charge in [-0.15, -0.1) is 0 Å². The normalized spacial score (nSPS) is 18.7. The van der Waals surface area contributed by atoms with E-state index in [-0.39, 0.29) is 43.3 Å². The van der Waals surface area contributed by atoms with E-state index in [4.69, 9.17) is 34.2 Å². The van der Waals surface area contributed by atoms with Crippen molar-refractivity contribution in [1.29, 1.82) is 0 Å². The summed E-state index contributed by atoms with van der Waals surface area (Å²) in [4.78, 5) is 34.5. The van der Waals surface area contributed by atoms with E-state index in [0.29, 0.717) is 11.5 Å². The molecule has 1 aliphatic heterocycles. The number of carbonyl (C=O) groups is 1. The molecule has 1 saturated heterocycles. The number of methoxy groups -OCH3 is 2. The average molecular weight is 769 g/mol. The van der Waals surface area contributed by atoms with Gasteiger partial charge in [-0.25, -0.2) is 4.98 Å². The summed E-state index contributed by atoms with van der Waals surface area (Å²) in [6, 6.07) is 24.3. The van der Waals surface area contributed by atoms with Gasteiger partial charge in [0.2, 0.25) is 5.95 Å². The van der Waals surface area contributed by atoms with Crippen molar-refractivity contribution in [1.82, 2.24) is 24.8 Å². The molecule has 1 fully saturated rings. The summed E-state index contributed by atoms with van der Waals surface area (Å²) in [5.41, 5.74) is 6.26. The Morgan fingerprint density at radius 1 is 0.982 bits per heavy atom. The van der Waals surface area contributed by atoms with Crippen molar-refractivity contribution in [3.8, 4) is 11.5 Å². The highest BCUT2D eigenvalue weighted by atomic mass is 19.4. The molecule has 18 heteroatoms. The lowest BCUT2D eigenvalue weighted by molar-refractivity contribution is -0.173. The van der Waals surface area contributed by atoms with Crippen molar-refractivity contribution in [3.05, 3.63) is 112 Å². The summed E-state index contributed by atoms with van der Waals surface area (Å²) in [6.45, 7) is -0.989. The SMILES string of the molecule is COc1ccc(C(OC[C@H]2O[C@@H](n3cnc4c(=O)[nH]c(N)nc43)[C@H](OCOCCCNC(=O)C(F)(F)F)[C@@H]2O)(c2ccccc2)c2ccc(OC)cc2)cc1. The molecule has 3 aromatic carbocycles. The van der Waals surface area contributed by atoms with E-state index in [2.05, 4.69) is 15.0 Å².